The summed E-state index contributed by atoms with van der Waals surface area (Å²) >= 11 is 1.37. The summed E-state index contributed by atoms with van der Waals surface area (Å²) in [5.41, 5.74) is 1.74. The second-order valence-electron chi connectivity index (χ2n) is 5.95. The highest BCUT2D eigenvalue weighted by molar-refractivity contribution is 7.12. The Morgan fingerprint density at radius 1 is 0.963 bits per heavy atom. The minimum Gasteiger partial charge on any atom is -0.479 e. The topological polar surface area (TPSA) is 64.6 Å². The zero-order chi connectivity index (χ0) is 19.2. The van der Waals surface area contributed by atoms with Crippen LogP contribution in [0.5, 0.6) is 11.5 Å². The highest BCUT2D eigenvalue weighted by Gasteiger charge is 2.17. The number of aryl methyl sites for hydroxylation is 1. The molecule has 1 N–H and O–H groups in total. The van der Waals surface area contributed by atoms with Gasteiger partial charge in [-0.1, -0.05) is 23.8 Å². The number of esters is 1. The van der Waals surface area contributed by atoms with Gasteiger partial charge in [0.2, 0.25) is 0 Å². The van der Waals surface area contributed by atoms with Crippen molar-refractivity contribution in [3.05, 3.63) is 76.5 Å². The Morgan fingerprint density at radius 2 is 1.63 bits per heavy atom. The number of anilines is 1. The van der Waals surface area contributed by atoms with Gasteiger partial charge < -0.3 is 14.8 Å². The van der Waals surface area contributed by atoms with Crippen LogP contribution in [0.25, 0.3) is 0 Å². The maximum Gasteiger partial charge on any atom is 0.352 e. The van der Waals surface area contributed by atoms with E-state index in [1.807, 2.05) is 42.6 Å². The SMILES string of the molecule is Cc1ccc(OC(C)C(=O)Oc2ccc(NC(=O)c3cccs3)cc2)cc1. The number of hydrogen-bond donors (Lipinski definition) is 1. The minimum atomic E-state index is -0.745. The molecule has 0 bridgehead atoms. The van der Waals surface area contributed by atoms with Gasteiger partial charge in [-0.15, -0.1) is 11.3 Å². The molecule has 1 heterocycles. The van der Waals surface area contributed by atoms with Gasteiger partial charge in [0.15, 0.2) is 6.10 Å². The Labute approximate surface area is 161 Å². The highest BCUT2D eigenvalue weighted by atomic mass is 32.1. The van der Waals surface area contributed by atoms with Gasteiger partial charge in [-0.2, -0.15) is 0 Å². The average molecular weight is 381 g/mol. The van der Waals surface area contributed by atoms with Crippen LogP contribution in [0.3, 0.4) is 0 Å². The molecule has 0 aliphatic rings. The van der Waals surface area contributed by atoms with Crippen LogP contribution in [-0.2, 0) is 4.79 Å². The number of nitrogens with one attached hydrogen (secondary N) is 1. The normalized spacial score (nSPS) is 11.5. The van der Waals surface area contributed by atoms with Gasteiger partial charge in [0.05, 0.1) is 4.88 Å². The first-order valence-corrected chi connectivity index (χ1v) is 9.29. The molecule has 0 aliphatic heterocycles. The van der Waals surface area contributed by atoms with Crippen LogP contribution in [0.4, 0.5) is 5.69 Å². The van der Waals surface area contributed by atoms with Gasteiger partial charge in [0.25, 0.3) is 5.91 Å². The fourth-order valence-electron chi connectivity index (χ4n) is 2.27. The smallest absolute Gasteiger partial charge is 0.352 e. The van der Waals surface area contributed by atoms with Crippen LogP contribution in [0, 0.1) is 6.92 Å². The Bertz CT molecular complexity index is 902. The van der Waals surface area contributed by atoms with E-state index in [0.29, 0.717) is 22.1 Å². The second kappa shape index (κ2) is 8.51. The van der Waals surface area contributed by atoms with Crippen LogP contribution in [0.2, 0.25) is 0 Å². The molecule has 0 saturated carbocycles. The molecule has 3 aromatic rings. The van der Waals surface area contributed by atoms with Crippen molar-refractivity contribution in [1.29, 1.82) is 0 Å². The molecule has 0 aliphatic carbocycles. The Hall–Kier alpha value is -3.12. The molecule has 2 aromatic carbocycles. The molecule has 0 fully saturated rings. The molecule has 0 radical (unpaired) electrons. The first kappa shape index (κ1) is 18.7. The Kier molecular flexibility index (Phi) is 5.88. The largest absolute Gasteiger partial charge is 0.479 e. The number of benzene rings is 2. The summed E-state index contributed by atoms with van der Waals surface area (Å²) < 4.78 is 10.9. The molecule has 138 valence electrons. The van der Waals surface area contributed by atoms with E-state index in [1.165, 1.54) is 11.3 Å². The number of hydrogen-bond acceptors (Lipinski definition) is 5. The lowest BCUT2D eigenvalue weighted by Gasteiger charge is -2.14. The van der Waals surface area contributed by atoms with E-state index in [0.717, 1.165) is 5.56 Å². The van der Waals surface area contributed by atoms with Crippen molar-refractivity contribution in [2.45, 2.75) is 20.0 Å². The zero-order valence-electron chi connectivity index (χ0n) is 15.0. The Morgan fingerprint density at radius 3 is 2.26 bits per heavy atom. The summed E-state index contributed by atoms with van der Waals surface area (Å²) in [6.07, 6.45) is -0.745. The van der Waals surface area contributed by atoms with Gasteiger partial charge in [-0.3, -0.25) is 4.79 Å². The monoisotopic (exact) mass is 381 g/mol. The molecule has 6 heteroatoms. The molecular weight excluding hydrogens is 362 g/mol. The summed E-state index contributed by atoms with van der Waals surface area (Å²) in [5.74, 6) is 0.325. The minimum absolute atomic E-state index is 0.171. The van der Waals surface area contributed by atoms with Gasteiger partial charge in [-0.25, -0.2) is 4.79 Å². The summed E-state index contributed by atoms with van der Waals surface area (Å²) in [7, 11) is 0. The van der Waals surface area contributed by atoms with Crippen molar-refractivity contribution >= 4 is 28.9 Å². The molecule has 1 amide bonds. The molecule has 1 aromatic heterocycles. The van der Waals surface area contributed by atoms with Gasteiger partial charge in [0, 0.05) is 5.69 Å². The molecule has 0 saturated heterocycles. The number of amides is 1. The summed E-state index contributed by atoms with van der Waals surface area (Å²) in [4.78, 5) is 24.8. The lowest BCUT2D eigenvalue weighted by Crippen LogP contribution is -2.28. The predicted molar refractivity (Wildman–Crippen MR) is 106 cm³/mol. The summed E-state index contributed by atoms with van der Waals surface area (Å²) in [6.45, 7) is 3.62. The van der Waals surface area contributed by atoms with E-state index in [1.54, 1.807) is 37.3 Å². The standard InChI is InChI=1S/C21H19NO4S/c1-14-5-9-17(10-6-14)25-15(2)21(24)26-18-11-7-16(8-12-18)22-20(23)19-4-3-13-27-19/h3-13,15H,1-2H3,(H,22,23). The molecular formula is C21H19NO4S. The van der Waals surface area contributed by atoms with E-state index in [-0.39, 0.29) is 5.91 Å². The third-order valence-electron chi connectivity index (χ3n) is 3.74. The molecule has 27 heavy (non-hydrogen) atoms. The maximum absolute atomic E-state index is 12.2. The van der Waals surface area contributed by atoms with E-state index in [2.05, 4.69) is 5.32 Å². The first-order chi connectivity index (χ1) is 13.0. The lowest BCUT2D eigenvalue weighted by atomic mass is 10.2. The van der Waals surface area contributed by atoms with Crippen molar-refractivity contribution < 1.29 is 19.1 Å². The predicted octanol–water partition coefficient (Wildman–Crippen LogP) is 4.68. The number of thiophene rings is 1. The fourth-order valence-corrected chi connectivity index (χ4v) is 2.89. The Balaban J connectivity index is 1.54. The summed E-state index contributed by atoms with van der Waals surface area (Å²) in [6, 6.07) is 17.6. The van der Waals surface area contributed by atoms with Gasteiger partial charge >= 0.3 is 5.97 Å². The maximum atomic E-state index is 12.2. The van der Waals surface area contributed by atoms with Gasteiger partial charge in [-0.05, 0) is 61.7 Å². The van der Waals surface area contributed by atoms with Crippen LogP contribution < -0.4 is 14.8 Å². The van der Waals surface area contributed by atoms with E-state index in [4.69, 9.17) is 9.47 Å². The average Bonchev–Trinajstić information content (AvgIpc) is 3.20. The van der Waals surface area contributed by atoms with Gasteiger partial charge in [0.1, 0.15) is 11.5 Å². The van der Waals surface area contributed by atoms with Crippen molar-refractivity contribution in [3.8, 4) is 11.5 Å². The molecule has 5 nitrogen and oxygen atoms in total. The van der Waals surface area contributed by atoms with Crippen LogP contribution in [0.1, 0.15) is 22.2 Å². The third kappa shape index (κ3) is 5.18. The van der Waals surface area contributed by atoms with E-state index in [9.17, 15) is 9.59 Å². The van der Waals surface area contributed by atoms with E-state index >= 15 is 0 Å². The van der Waals surface area contributed by atoms with Crippen molar-refractivity contribution in [2.75, 3.05) is 5.32 Å². The third-order valence-corrected chi connectivity index (χ3v) is 4.61. The molecule has 0 spiro atoms. The van der Waals surface area contributed by atoms with Crippen molar-refractivity contribution in [3.63, 3.8) is 0 Å². The van der Waals surface area contributed by atoms with Crippen LogP contribution >= 0.6 is 11.3 Å². The first-order valence-electron chi connectivity index (χ1n) is 8.41. The highest BCUT2D eigenvalue weighted by Crippen LogP contribution is 2.19. The lowest BCUT2D eigenvalue weighted by molar-refractivity contribution is -0.141. The number of carbonyl (C=O) groups excluding carboxylic acids is 2. The van der Waals surface area contributed by atoms with Crippen LogP contribution in [0.15, 0.2) is 66.0 Å². The molecule has 3 rings (SSSR count). The number of rotatable bonds is 6. The number of carbonyl (C=O) groups is 2. The van der Waals surface area contributed by atoms with Crippen molar-refractivity contribution in [2.24, 2.45) is 0 Å². The van der Waals surface area contributed by atoms with Crippen LogP contribution in [-0.4, -0.2) is 18.0 Å². The fraction of sp³-hybridized carbons (Fsp3) is 0.143. The van der Waals surface area contributed by atoms with Crippen molar-refractivity contribution in [1.82, 2.24) is 0 Å². The van der Waals surface area contributed by atoms with E-state index < -0.39 is 12.1 Å². The summed E-state index contributed by atoms with van der Waals surface area (Å²) in [5, 5.41) is 4.64. The second-order valence-corrected chi connectivity index (χ2v) is 6.90. The zero-order valence-corrected chi connectivity index (χ0v) is 15.8. The molecule has 1 atom stereocenters. The molecule has 1 unspecified atom stereocenters. The quantitative estimate of drug-likeness (QED) is 0.497. The number of ether oxygens (including phenoxy) is 2.